The number of aliphatic imine (C=N–C) groups is 2. The van der Waals surface area contributed by atoms with E-state index in [4.69, 9.17) is 38.1 Å². The first-order valence-corrected chi connectivity index (χ1v) is 10.7. The second-order valence-corrected chi connectivity index (χ2v) is 8.52. The number of hydrogen-bond donors (Lipinski definition) is 1. The van der Waals surface area contributed by atoms with E-state index in [-0.39, 0.29) is 26.4 Å². The standard InChI is InChI=1S/C19H12Cl2F3N5O3S/c1-31-18-28-9-5-7-13(12(21)14(9)33-18)29-16(32-17(7)30)10(6-11(25)19(22,23)24)27-15-8(20)3-2-4-26-15/h2-6,9,14H,25H2,1H3. The van der Waals surface area contributed by atoms with E-state index >= 15 is 0 Å². The number of fused-ring (bicyclic) bond motifs is 2. The summed E-state index contributed by atoms with van der Waals surface area (Å²) in [5, 5.41) is 0.206. The highest BCUT2D eigenvalue weighted by atomic mass is 35.5. The lowest BCUT2D eigenvalue weighted by molar-refractivity contribution is -0.0925. The van der Waals surface area contributed by atoms with E-state index in [1.165, 1.54) is 43.3 Å². The van der Waals surface area contributed by atoms with Crippen LogP contribution >= 0.6 is 35.0 Å². The molecule has 14 heteroatoms. The van der Waals surface area contributed by atoms with Crippen molar-refractivity contribution in [2.75, 3.05) is 7.11 Å². The molecule has 0 saturated carbocycles. The van der Waals surface area contributed by atoms with Crippen LogP contribution in [0.25, 0.3) is 11.1 Å². The quantitative estimate of drug-likeness (QED) is 0.620. The maximum Gasteiger partial charge on any atom is 0.430 e. The molecule has 0 spiro atoms. The van der Waals surface area contributed by atoms with Crippen LogP contribution in [0.3, 0.4) is 0 Å². The molecule has 172 valence electrons. The number of thioether (sulfide) groups is 1. The molecular weight excluding hydrogens is 506 g/mol. The van der Waals surface area contributed by atoms with E-state index in [1.807, 2.05) is 0 Å². The van der Waals surface area contributed by atoms with Crippen molar-refractivity contribution >= 4 is 62.8 Å². The zero-order valence-corrected chi connectivity index (χ0v) is 18.8. The van der Waals surface area contributed by atoms with Crippen molar-refractivity contribution < 1.29 is 22.3 Å². The number of rotatable bonds is 3. The molecule has 0 radical (unpaired) electrons. The van der Waals surface area contributed by atoms with Crippen molar-refractivity contribution in [3.05, 3.63) is 62.0 Å². The number of methoxy groups -OCH3 is 1. The zero-order valence-electron chi connectivity index (χ0n) is 16.4. The molecule has 0 bridgehead atoms. The van der Waals surface area contributed by atoms with Crippen LogP contribution in [0.5, 0.6) is 0 Å². The second kappa shape index (κ2) is 8.84. The molecule has 2 aromatic heterocycles. The van der Waals surface area contributed by atoms with Gasteiger partial charge in [-0.3, -0.25) is 0 Å². The fourth-order valence-corrected chi connectivity index (χ4v) is 4.50. The minimum atomic E-state index is -4.87. The number of nitrogens with zero attached hydrogens (tertiary/aromatic N) is 4. The summed E-state index contributed by atoms with van der Waals surface area (Å²) in [4.78, 5) is 29.1. The van der Waals surface area contributed by atoms with E-state index in [0.29, 0.717) is 11.3 Å². The van der Waals surface area contributed by atoms with E-state index in [2.05, 4.69) is 20.0 Å². The van der Waals surface area contributed by atoms with Gasteiger partial charge in [-0.15, -0.1) is 0 Å². The second-order valence-electron chi connectivity index (χ2n) is 6.61. The van der Waals surface area contributed by atoms with Crippen LogP contribution in [0.1, 0.15) is 5.89 Å². The number of halogens is 5. The number of hydrogen-bond acceptors (Lipinski definition) is 9. The highest BCUT2D eigenvalue weighted by Gasteiger charge is 2.36. The molecule has 0 fully saturated rings. The summed E-state index contributed by atoms with van der Waals surface area (Å²) in [7, 11) is 1.44. The van der Waals surface area contributed by atoms with Crippen LogP contribution in [0, 0.1) is 0 Å². The molecular formula is C19H12Cl2F3N5O3S. The summed E-state index contributed by atoms with van der Waals surface area (Å²) in [6.07, 6.45) is -1.55. The molecule has 2 atom stereocenters. The van der Waals surface area contributed by atoms with Crippen LogP contribution in [0.15, 0.2) is 49.3 Å². The summed E-state index contributed by atoms with van der Waals surface area (Å²) >= 11 is 13.7. The predicted octanol–water partition coefficient (Wildman–Crippen LogP) is 2.24. The first kappa shape index (κ1) is 23.3. The highest BCUT2D eigenvalue weighted by molar-refractivity contribution is 8.14. The van der Waals surface area contributed by atoms with Gasteiger partial charge in [0.2, 0.25) is 11.1 Å². The van der Waals surface area contributed by atoms with Crippen LogP contribution in [-0.2, 0) is 4.74 Å². The lowest BCUT2D eigenvalue weighted by Crippen LogP contribution is -2.48. The first-order chi connectivity index (χ1) is 15.6. The van der Waals surface area contributed by atoms with E-state index in [0.717, 1.165) is 0 Å². The molecule has 1 aliphatic carbocycles. The third-order valence-corrected chi connectivity index (χ3v) is 6.54. The summed E-state index contributed by atoms with van der Waals surface area (Å²) in [5.74, 6) is -0.678. The van der Waals surface area contributed by atoms with Gasteiger partial charge in [-0.2, -0.15) is 13.2 Å². The minimum absolute atomic E-state index is 0.0229. The normalized spacial score (nSPS) is 20.7. The van der Waals surface area contributed by atoms with Gasteiger partial charge in [0.05, 0.1) is 39.0 Å². The first-order valence-electron chi connectivity index (χ1n) is 9.03. The molecule has 0 saturated heterocycles. The van der Waals surface area contributed by atoms with E-state index < -0.39 is 40.4 Å². The molecule has 0 amide bonds. The number of allylic oxidation sites excluding steroid dienone is 2. The summed E-state index contributed by atoms with van der Waals surface area (Å²) in [6, 6.07) is 2.46. The SMILES string of the molecule is COC1=NC2C=c3c(nc(C(C=C(N)C(F)(F)F)=Nc4ncccc4Cl)oc3=O)=C(Cl)C2S1. The Bertz CT molecular complexity index is 1400. The molecule has 2 N–H and O–H groups in total. The Morgan fingerprint density at radius 3 is 2.82 bits per heavy atom. The number of pyridine rings is 1. The summed E-state index contributed by atoms with van der Waals surface area (Å²) < 4.78 is 49.7. The fraction of sp³-hybridized carbons (Fsp3) is 0.211. The highest BCUT2D eigenvalue weighted by Crippen LogP contribution is 2.36. The molecule has 2 aromatic rings. The molecule has 1 aliphatic heterocycles. The maximum absolute atomic E-state index is 13.1. The van der Waals surface area contributed by atoms with Crippen molar-refractivity contribution in [2.45, 2.75) is 17.5 Å². The van der Waals surface area contributed by atoms with E-state index in [9.17, 15) is 18.0 Å². The van der Waals surface area contributed by atoms with Crippen LogP contribution in [0.4, 0.5) is 19.0 Å². The number of nitrogens with two attached hydrogens (primary N) is 1. The molecule has 2 aliphatic rings. The van der Waals surface area contributed by atoms with Crippen LogP contribution in [0.2, 0.25) is 5.02 Å². The van der Waals surface area contributed by atoms with Gasteiger partial charge in [-0.05, 0) is 24.3 Å². The van der Waals surface area contributed by atoms with Crippen molar-refractivity contribution in [3.8, 4) is 0 Å². The maximum atomic E-state index is 13.1. The third kappa shape index (κ3) is 4.63. The molecule has 2 unspecified atom stereocenters. The molecule has 8 nitrogen and oxygen atoms in total. The Hall–Kier alpha value is -2.83. The Morgan fingerprint density at radius 1 is 1.39 bits per heavy atom. The zero-order chi connectivity index (χ0) is 23.9. The van der Waals surface area contributed by atoms with Crippen LogP contribution in [-0.4, -0.2) is 45.5 Å². The Labute approximate surface area is 197 Å². The van der Waals surface area contributed by atoms with Gasteiger partial charge >= 0.3 is 11.8 Å². The lowest BCUT2D eigenvalue weighted by Gasteiger charge is -2.16. The van der Waals surface area contributed by atoms with Crippen molar-refractivity contribution in [3.63, 3.8) is 0 Å². The molecule has 33 heavy (non-hydrogen) atoms. The van der Waals surface area contributed by atoms with Gasteiger partial charge < -0.3 is 14.9 Å². The minimum Gasteiger partial charge on any atom is -0.476 e. The summed E-state index contributed by atoms with van der Waals surface area (Å²) in [5.41, 5.74) is 2.26. The predicted molar refractivity (Wildman–Crippen MR) is 119 cm³/mol. The van der Waals surface area contributed by atoms with Crippen molar-refractivity contribution in [1.82, 2.24) is 9.97 Å². The van der Waals surface area contributed by atoms with Gasteiger partial charge in [0.25, 0.3) is 0 Å². The van der Waals surface area contributed by atoms with Crippen LogP contribution < -0.4 is 21.9 Å². The Morgan fingerprint density at radius 2 is 2.15 bits per heavy atom. The number of ether oxygens (including phenoxy) is 1. The molecule has 4 rings (SSSR count). The van der Waals surface area contributed by atoms with Gasteiger partial charge in [-0.25, -0.2) is 24.7 Å². The topological polar surface area (TPSA) is 116 Å². The van der Waals surface area contributed by atoms with Gasteiger partial charge in [0.15, 0.2) is 5.82 Å². The Balaban J connectivity index is 1.93. The average Bonchev–Trinajstić information content (AvgIpc) is 3.18. The van der Waals surface area contributed by atoms with Gasteiger partial charge in [0, 0.05) is 6.20 Å². The molecule has 3 heterocycles. The molecule has 0 aromatic carbocycles. The Kier molecular flexibility index (Phi) is 6.25. The number of aromatic nitrogens is 2. The largest absolute Gasteiger partial charge is 0.476 e. The lowest BCUT2D eigenvalue weighted by atomic mass is 10.1. The van der Waals surface area contributed by atoms with Crippen molar-refractivity contribution in [2.24, 2.45) is 15.7 Å². The smallest absolute Gasteiger partial charge is 0.430 e. The van der Waals surface area contributed by atoms with Gasteiger partial charge in [-0.1, -0.05) is 35.0 Å². The van der Waals surface area contributed by atoms with Crippen molar-refractivity contribution in [1.29, 1.82) is 0 Å². The summed E-state index contributed by atoms with van der Waals surface area (Å²) in [6.45, 7) is 0. The average molecular weight is 518 g/mol. The third-order valence-electron chi connectivity index (χ3n) is 4.46. The fourth-order valence-electron chi connectivity index (χ4n) is 2.94. The van der Waals surface area contributed by atoms with Gasteiger partial charge in [0.1, 0.15) is 11.4 Å². The number of alkyl halides is 3. The van der Waals surface area contributed by atoms with E-state index in [1.54, 1.807) is 0 Å². The monoisotopic (exact) mass is 517 g/mol.